The molecule has 4 heteroatoms. The molecule has 0 radical (unpaired) electrons. The fourth-order valence-electron chi connectivity index (χ4n) is 8.62. The Balaban J connectivity index is 0.991. The summed E-state index contributed by atoms with van der Waals surface area (Å²) >= 11 is 0. The minimum Gasteiger partial charge on any atom is -0.309 e. The first-order valence-corrected chi connectivity index (χ1v) is 20.9. The van der Waals surface area contributed by atoms with Gasteiger partial charge in [0.25, 0.3) is 0 Å². The molecule has 0 spiro atoms. The van der Waals surface area contributed by atoms with Crippen LogP contribution in [0.25, 0.3) is 101 Å². The number of benzene rings is 8. The normalized spacial score (nSPS) is 12.5. The van der Waals surface area contributed by atoms with Gasteiger partial charge in [-0.2, -0.15) is 0 Å². The zero-order chi connectivity index (χ0) is 40.5. The van der Waals surface area contributed by atoms with E-state index >= 15 is 0 Å². The van der Waals surface area contributed by atoms with Crippen molar-refractivity contribution in [3.8, 4) is 73.2 Å². The maximum absolute atomic E-state index is 4.95. The van der Waals surface area contributed by atoms with Gasteiger partial charge in [0.15, 0.2) is 17.5 Å². The smallest absolute Gasteiger partial charge is 0.164 e. The molecular formula is C57H40N4. The van der Waals surface area contributed by atoms with E-state index in [4.69, 9.17) is 15.0 Å². The minimum atomic E-state index is 0.642. The number of fused-ring (bicyclic) bond motifs is 3. The van der Waals surface area contributed by atoms with Crippen molar-refractivity contribution in [1.29, 1.82) is 0 Å². The van der Waals surface area contributed by atoms with Gasteiger partial charge in [-0.3, -0.25) is 0 Å². The highest BCUT2D eigenvalue weighted by Crippen LogP contribution is 2.39. The van der Waals surface area contributed by atoms with Crippen molar-refractivity contribution in [2.45, 2.75) is 12.8 Å². The molecule has 11 rings (SSSR count). The summed E-state index contributed by atoms with van der Waals surface area (Å²) in [5.74, 6) is 1.95. The van der Waals surface area contributed by atoms with Gasteiger partial charge < -0.3 is 4.57 Å². The standard InChI is InChI=1S/C57H40N4/c1-5-16-39(17-6-1)47-34-48(40-18-7-2-8-19-40)36-49(35-47)46-32-33-52-51-26-13-14-27-53(51)61(54(52)38-46)50-25-15-24-45(37-50)41-28-30-44(31-29-41)57-59-55(42-20-9-3-10-21-42)58-56(60-57)43-22-11-4-12-23-43/h1-7,9-18,20-38H,8,19H2. The Morgan fingerprint density at radius 3 is 1.49 bits per heavy atom. The molecule has 0 saturated carbocycles. The van der Waals surface area contributed by atoms with Gasteiger partial charge in [0.05, 0.1) is 11.0 Å². The Morgan fingerprint density at radius 1 is 0.344 bits per heavy atom. The second kappa shape index (κ2) is 15.7. The number of rotatable bonds is 8. The lowest BCUT2D eigenvalue weighted by Gasteiger charge is -2.15. The van der Waals surface area contributed by atoms with E-state index in [1.54, 1.807) is 0 Å². The SMILES string of the molecule is C1=CCCC(c2cc(-c3ccccc3)cc(-c3ccc4c5ccccc5n(-c5cccc(-c6ccc(-c7nc(-c8ccccc8)nc(-c8ccccc8)n7)cc6)c5)c4c3)c2)=C1. The van der Waals surface area contributed by atoms with Gasteiger partial charge in [0.1, 0.15) is 0 Å². The van der Waals surface area contributed by atoms with E-state index in [0.29, 0.717) is 17.5 Å². The minimum absolute atomic E-state index is 0.642. The maximum Gasteiger partial charge on any atom is 0.164 e. The maximum atomic E-state index is 4.95. The summed E-state index contributed by atoms with van der Waals surface area (Å²) in [5.41, 5.74) is 16.1. The highest BCUT2D eigenvalue weighted by Gasteiger charge is 2.17. The first-order chi connectivity index (χ1) is 30.2. The fraction of sp³-hybridized carbons (Fsp3) is 0.0351. The van der Waals surface area contributed by atoms with Gasteiger partial charge in [-0.1, -0.05) is 176 Å². The van der Waals surface area contributed by atoms with Crippen molar-refractivity contribution in [2.24, 2.45) is 0 Å². The van der Waals surface area contributed by atoms with Crippen molar-refractivity contribution in [2.75, 3.05) is 0 Å². The number of hydrogen-bond donors (Lipinski definition) is 0. The van der Waals surface area contributed by atoms with Crippen LogP contribution in [0.4, 0.5) is 0 Å². The van der Waals surface area contributed by atoms with Crippen LogP contribution in [0, 0.1) is 0 Å². The van der Waals surface area contributed by atoms with Crippen LogP contribution in [0.15, 0.2) is 218 Å². The second-order valence-electron chi connectivity index (χ2n) is 15.6. The molecule has 0 bridgehead atoms. The van der Waals surface area contributed by atoms with Crippen LogP contribution in [-0.4, -0.2) is 19.5 Å². The predicted molar refractivity (Wildman–Crippen MR) is 253 cm³/mol. The third-order valence-electron chi connectivity index (χ3n) is 11.7. The van der Waals surface area contributed by atoms with E-state index in [-0.39, 0.29) is 0 Å². The van der Waals surface area contributed by atoms with Crippen molar-refractivity contribution < 1.29 is 0 Å². The second-order valence-corrected chi connectivity index (χ2v) is 15.6. The molecule has 8 aromatic carbocycles. The molecule has 0 fully saturated rings. The zero-order valence-corrected chi connectivity index (χ0v) is 33.5. The lowest BCUT2D eigenvalue weighted by atomic mass is 9.90. The van der Waals surface area contributed by atoms with Gasteiger partial charge >= 0.3 is 0 Å². The molecule has 2 heterocycles. The average molecular weight is 781 g/mol. The van der Waals surface area contributed by atoms with E-state index in [1.807, 2.05) is 60.7 Å². The fourth-order valence-corrected chi connectivity index (χ4v) is 8.62. The lowest BCUT2D eigenvalue weighted by Crippen LogP contribution is -2.00. The van der Waals surface area contributed by atoms with Crippen LogP contribution in [0.3, 0.4) is 0 Å². The Labute approximate surface area is 355 Å². The predicted octanol–water partition coefficient (Wildman–Crippen LogP) is 14.7. The third-order valence-corrected chi connectivity index (χ3v) is 11.7. The van der Waals surface area contributed by atoms with Gasteiger partial charge in [-0.15, -0.1) is 0 Å². The quantitative estimate of drug-likeness (QED) is 0.154. The average Bonchev–Trinajstić information content (AvgIpc) is 3.68. The van der Waals surface area contributed by atoms with Gasteiger partial charge in [-0.25, -0.2) is 15.0 Å². The molecule has 0 atom stereocenters. The molecular weight excluding hydrogens is 741 g/mol. The summed E-state index contributed by atoms with van der Waals surface area (Å²) in [6.45, 7) is 0. The number of allylic oxidation sites excluding steroid dienone is 4. The molecule has 288 valence electrons. The van der Waals surface area contributed by atoms with Gasteiger partial charge in [-0.05, 0) is 99.8 Å². The van der Waals surface area contributed by atoms with Crippen molar-refractivity contribution in [3.63, 3.8) is 0 Å². The molecule has 10 aromatic rings. The number of aromatic nitrogens is 4. The molecule has 0 N–H and O–H groups in total. The van der Waals surface area contributed by atoms with Crippen molar-refractivity contribution in [1.82, 2.24) is 19.5 Å². The summed E-state index contributed by atoms with van der Waals surface area (Å²) in [4.78, 5) is 14.8. The lowest BCUT2D eigenvalue weighted by molar-refractivity contribution is 1.05. The van der Waals surface area contributed by atoms with Crippen molar-refractivity contribution >= 4 is 27.4 Å². The summed E-state index contributed by atoms with van der Waals surface area (Å²) in [6.07, 6.45) is 8.83. The number of nitrogens with zero attached hydrogens (tertiary/aromatic N) is 4. The Kier molecular flexibility index (Phi) is 9.29. The van der Waals surface area contributed by atoms with Crippen LogP contribution in [-0.2, 0) is 0 Å². The third kappa shape index (κ3) is 7.04. The summed E-state index contributed by atoms with van der Waals surface area (Å²) in [6, 6.07) is 71.2. The van der Waals surface area contributed by atoms with Crippen LogP contribution in [0.2, 0.25) is 0 Å². The topological polar surface area (TPSA) is 43.6 Å². The summed E-state index contributed by atoms with van der Waals surface area (Å²) in [5, 5.41) is 2.47. The molecule has 1 aliphatic rings. The highest BCUT2D eigenvalue weighted by molar-refractivity contribution is 6.10. The van der Waals surface area contributed by atoms with Gasteiger partial charge in [0, 0.05) is 33.2 Å². The Hall–Kier alpha value is -7.95. The van der Waals surface area contributed by atoms with Crippen LogP contribution in [0.5, 0.6) is 0 Å². The van der Waals surface area contributed by atoms with Crippen molar-refractivity contribution in [3.05, 3.63) is 224 Å². The summed E-state index contributed by atoms with van der Waals surface area (Å²) in [7, 11) is 0. The Bertz CT molecular complexity index is 3210. The monoisotopic (exact) mass is 780 g/mol. The zero-order valence-electron chi connectivity index (χ0n) is 33.5. The van der Waals surface area contributed by atoms with Crippen LogP contribution >= 0.6 is 0 Å². The molecule has 0 saturated heterocycles. The van der Waals surface area contributed by atoms with E-state index < -0.39 is 0 Å². The molecule has 0 aliphatic heterocycles. The van der Waals surface area contributed by atoms with E-state index in [0.717, 1.165) is 46.3 Å². The molecule has 0 amide bonds. The molecule has 4 nitrogen and oxygen atoms in total. The van der Waals surface area contributed by atoms with E-state index in [9.17, 15) is 0 Å². The summed E-state index contributed by atoms with van der Waals surface area (Å²) < 4.78 is 2.42. The molecule has 61 heavy (non-hydrogen) atoms. The van der Waals surface area contributed by atoms with Gasteiger partial charge in [0.2, 0.25) is 0 Å². The van der Waals surface area contributed by atoms with Crippen LogP contribution < -0.4 is 0 Å². The molecule has 2 aromatic heterocycles. The van der Waals surface area contributed by atoms with E-state index in [1.165, 1.54) is 55.2 Å². The van der Waals surface area contributed by atoms with Crippen LogP contribution in [0.1, 0.15) is 18.4 Å². The first kappa shape index (κ1) is 36.2. The van der Waals surface area contributed by atoms with E-state index in [2.05, 4.69) is 162 Å². The molecule has 0 unspecified atom stereocenters. The largest absolute Gasteiger partial charge is 0.309 e. The Morgan fingerprint density at radius 2 is 0.836 bits per heavy atom. The first-order valence-electron chi connectivity index (χ1n) is 20.9. The number of para-hydroxylation sites is 1. The number of hydrogen-bond acceptors (Lipinski definition) is 3. The molecule has 1 aliphatic carbocycles. The highest BCUT2D eigenvalue weighted by atomic mass is 15.0.